The number of carbonyl (C=O) groups excluding carboxylic acids is 5. The van der Waals surface area contributed by atoms with Gasteiger partial charge in [-0.15, -0.1) is 0 Å². The highest BCUT2D eigenvalue weighted by Gasteiger charge is 2.63. The molecule has 0 saturated carbocycles. The van der Waals surface area contributed by atoms with Crippen molar-refractivity contribution in [3.63, 3.8) is 0 Å². The van der Waals surface area contributed by atoms with Crippen LogP contribution in [-0.4, -0.2) is 445 Å². The number of nitrogens with one attached hydrogen (secondary N) is 5. The summed E-state index contributed by atoms with van der Waals surface area (Å²) in [6.45, 7) is -1.97. The number of aliphatic carboxylic acids is 1. The Morgan fingerprint density at radius 1 is 0.394 bits per heavy atom. The average molecular weight is 1590 g/mol. The molecule has 0 unspecified atom stereocenters. The van der Waals surface area contributed by atoms with Crippen LogP contribution in [0.5, 0.6) is 0 Å². The van der Waals surface area contributed by atoms with Crippen LogP contribution in [0, 0.1) is 0 Å². The Morgan fingerprint density at radius 2 is 0.807 bits per heavy atom. The van der Waals surface area contributed by atoms with E-state index in [1.165, 1.54) is 6.92 Å². The van der Waals surface area contributed by atoms with Crippen LogP contribution in [-0.2, 0) is 99.8 Å². The molecule has 0 aliphatic carbocycles. The van der Waals surface area contributed by atoms with E-state index >= 15 is 0 Å². The van der Waals surface area contributed by atoms with Gasteiger partial charge in [0, 0.05) is 41.0 Å². The van der Waals surface area contributed by atoms with Crippen molar-refractivity contribution in [3.05, 3.63) is 0 Å². The zero-order valence-corrected chi connectivity index (χ0v) is 59.2. The summed E-state index contributed by atoms with van der Waals surface area (Å²) in [7, 11) is 0. The van der Waals surface area contributed by atoms with E-state index in [4.69, 9.17) is 71.1 Å². The minimum atomic E-state index is -3.42. The number of hydrogen-bond acceptors (Lipinski definition) is 42. The monoisotopic (exact) mass is 1590 g/mol. The first-order valence-corrected chi connectivity index (χ1v) is 34.6. The van der Waals surface area contributed by atoms with Gasteiger partial charge in [-0.3, -0.25) is 24.0 Å². The van der Waals surface area contributed by atoms with Crippen LogP contribution < -0.4 is 26.6 Å². The van der Waals surface area contributed by atoms with Gasteiger partial charge in [0.1, 0.15) is 183 Å². The van der Waals surface area contributed by atoms with Crippen molar-refractivity contribution in [1.29, 1.82) is 0 Å². The number of aliphatic hydroxyl groups is 21. The normalized spacial score (nSPS) is 46.2. The van der Waals surface area contributed by atoms with Crippen LogP contribution in [0.1, 0.15) is 48.0 Å². The molecule has 8 aliphatic heterocycles. The van der Waals surface area contributed by atoms with E-state index in [-0.39, 0.29) is 0 Å². The number of amides is 5. The molecule has 0 aromatic carbocycles. The topological polar surface area (TPSA) is 746 Å². The second-order valence-electron chi connectivity index (χ2n) is 27.5. The van der Waals surface area contributed by atoms with Gasteiger partial charge in [-0.2, -0.15) is 0 Å². The van der Waals surface area contributed by atoms with Crippen LogP contribution in [0.4, 0.5) is 0 Å². The number of rotatable bonds is 29. The van der Waals surface area contributed by atoms with E-state index in [0.29, 0.717) is 0 Å². The minimum Gasteiger partial charge on any atom is -0.477 e. The second-order valence-corrected chi connectivity index (χ2v) is 27.5. The largest absolute Gasteiger partial charge is 0.477 e. The Hall–Kier alpha value is -4.62. The maximum atomic E-state index is 13.7. The van der Waals surface area contributed by atoms with E-state index in [2.05, 4.69) is 26.6 Å². The molecule has 41 atom stereocenters. The van der Waals surface area contributed by atoms with Crippen LogP contribution in [0.25, 0.3) is 0 Å². The molecule has 48 nitrogen and oxygen atoms in total. The second kappa shape index (κ2) is 38.7. The van der Waals surface area contributed by atoms with Crippen molar-refractivity contribution < 1.29 is 212 Å². The summed E-state index contributed by atoms with van der Waals surface area (Å²) in [5.41, 5.74) is 0. The van der Waals surface area contributed by atoms with Crippen LogP contribution in [0.3, 0.4) is 0 Å². The van der Waals surface area contributed by atoms with Gasteiger partial charge in [0.2, 0.25) is 29.5 Å². The van der Waals surface area contributed by atoms with Gasteiger partial charge in [-0.1, -0.05) is 0 Å². The minimum absolute atomic E-state index is 0.844. The number of aliphatic hydroxyl groups excluding tert-OH is 21. The van der Waals surface area contributed by atoms with Gasteiger partial charge in [-0.05, 0) is 6.92 Å². The Balaban J connectivity index is 1.11. The third kappa shape index (κ3) is 20.2. The molecule has 27 N–H and O–H groups in total. The maximum Gasteiger partial charge on any atom is 0.364 e. The fourth-order valence-corrected chi connectivity index (χ4v) is 14.0. The van der Waals surface area contributed by atoms with E-state index in [1.807, 2.05) is 0 Å². The SMILES string of the molecule is CC(=O)N[C@@H]1[C@@H](O[C@@H]2O[C@H](CO)[C@H](O)[C@H](O[C@H]3O[C@H](CO)[C@H](O)[C@H](O)[C@H]3NC(C)=O)[C@H]2O[C@@H]2O[C@@H](C)[C@@H](O)[C@@H](O)[C@@H]2O)[C@@H](O)[C@@H](CO[C@@H]2O[C@H](CO)[C@@H](O[C@@H]3O[C@H](CO)[C@H](O[C@@H]4O[C@H](CO)[C@H](O)[C@H](O)[C@H]4NC(C)=O)[C@H](O[C@]4(C(=O)O)C[C@H](O)[C@@H](NC(C)=O)[C@H]([C@H](O)[C@H](O)CO)O4)[C@H]3O)[C@H](O)[C@H]2NC(C)=O)O[C@@H]1O. The van der Waals surface area contributed by atoms with Crippen molar-refractivity contribution in [2.24, 2.45) is 0 Å². The predicted octanol–water partition coefficient (Wildman–Crippen LogP) is -17.5. The number of hydrogen-bond donors (Lipinski definition) is 27. The Labute approximate surface area is 617 Å². The zero-order chi connectivity index (χ0) is 80.9. The van der Waals surface area contributed by atoms with Gasteiger partial charge in [0.15, 0.2) is 44.0 Å². The molecule has 8 fully saturated rings. The van der Waals surface area contributed by atoms with Crippen molar-refractivity contribution in [3.8, 4) is 0 Å². The quantitative estimate of drug-likeness (QED) is 0.0331. The summed E-state index contributed by atoms with van der Waals surface area (Å²) in [6.07, 6.45) is -74.5. The molecule has 8 saturated heterocycles. The predicted molar refractivity (Wildman–Crippen MR) is 338 cm³/mol. The van der Waals surface area contributed by atoms with E-state index in [0.717, 1.165) is 34.6 Å². The number of carbonyl (C=O) groups is 6. The third-order valence-electron chi connectivity index (χ3n) is 19.6. The summed E-state index contributed by atoms with van der Waals surface area (Å²) in [4.78, 5) is 77.1. The molecule has 5 amide bonds. The van der Waals surface area contributed by atoms with Crippen molar-refractivity contribution in [2.45, 2.75) is 299 Å². The standard InChI is InChI=1S/C61H101N5O43/c1-15-34(80)43(89)44(90)57(96-15)107-52-50(106-56-31(64-18(4)75)41(87)37(83)24(10-69)99-56)38(84)25(11-70)100-59(52)105-48-33(66-20(6)77)53(92)97-28(39(48)85)14-95-54-32(65-19(5)76)42(88)46(26(12-71)101-54)103-58-45(91)51(47(27(13-72)102-58)104-55-30(63-17(3)74)40(86)36(82)23(9-68)98-55)109-61(60(93)94)7-21(78)29(62-16(2)73)49(108-61)35(81)22(79)8-67/h15,21-59,67-72,78-92H,7-14H2,1-6H3,(H,62,73)(H,63,74)(H,64,75)(H,65,76)(H,66,77)(H,93,94)/t15-,21-,22+,23+,24+,25+,26+,27+,28+,29+,30+,31+,32+,33+,34+,35+,36-,37-,38-,39-,40+,41+,42+,43+,44-,45+,46+,47-,48+,49+,50-,51+,52+,53-,54+,55-,56+,57-,58-,59-,61-/m0/s1. The molecular formula is C61H101N5O43. The zero-order valence-electron chi connectivity index (χ0n) is 59.2. The lowest BCUT2D eigenvalue weighted by Crippen LogP contribution is -2.72. The summed E-state index contributed by atoms with van der Waals surface area (Å²) < 4.78 is 89.8. The summed E-state index contributed by atoms with van der Waals surface area (Å²) in [5.74, 6) is -10.2. The molecule has 109 heavy (non-hydrogen) atoms. The third-order valence-corrected chi connectivity index (χ3v) is 19.6. The van der Waals surface area contributed by atoms with E-state index in [9.17, 15) is 141 Å². The highest BCUT2D eigenvalue weighted by atomic mass is 16.8. The first-order chi connectivity index (χ1) is 51.3. The van der Waals surface area contributed by atoms with Crippen molar-refractivity contribution >= 4 is 35.5 Å². The summed E-state index contributed by atoms with van der Waals surface area (Å²) in [5, 5.41) is 257. The van der Waals surface area contributed by atoms with Gasteiger partial charge in [0.25, 0.3) is 5.79 Å². The lowest BCUT2D eigenvalue weighted by Gasteiger charge is -2.52. The Morgan fingerprint density at radius 3 is 1.31 bits per heavy atom. The average Bonchev–Trinajstić information content (AvgIpc) is 0.747. The first-order valence-electron chi connectivity index (χ1n) is 34.6. The van der Waals surface area contributed by atoms with Gasteiger partial charge in [0.05, 0.1) is 64.5 Å². The molecule has 48 heteroatoms. The fraction of sp³-hybridized carbons (Fsp3) is 0.902. The Bertz CT molecular complexity index is 2980. The van der Waals surface area contributed by atoms with E-state index < -0.39 is 339 Å². The molecule has 0 bridgehead atoms. The first kappa shape index (κ1) is 89.9. The molecule has 8 rings (SSSR count). The molecule has 628 valence electrons. The molecule has 0 aromatic heterocycles. The van der Waals surface area contributed by atoms with Crippen LogP contribution in [0.15, 0.2) is 0 Å². The highest BCUT2D eigenvalue weighted by Crippen LogP contribution is 2.42. The highest BCUT2D eigenvalue weighted by molar-refractivity contribution is 5.77. The van der Waals surface area contributed by atoms with Crippen LogP contribution in [0.2, 0.25) is 0 Å². The van der Waals surface area contributed by atoms with Crippen molar-refractivity contribution in [2.75, 3.05) is 46.2 Å². The number of carboxylic acid groups (broad SMARTS) is 1. The molecule has 8 aliphatic rings. The summed E-state index contributed by atoms with van der Waals surface area (Å²) >= 11 is 0. The van der Waals surface area contributed by atoms with Crippen molar-refractivity contribution in [1.82, 2.24) is 26.6 Å². The smallest absolute Gasteiger partial charge is 0.364 e. The number of ether oxygens (including phenoxy) is 15. The number of carboxylic acids is 1. The van der Waals surface area contributed by atoms with Gasteiger partial charge in [-0.25, -0.2) is 4.79 Å². The van der Waals surface area contributed by atoms with Gasteiger partial charge < -0.3 is 210 Å². The lowest BCUT2D eigenvalue weighted by molar-refractivity contribution is -0.399. The lowest BCUT2D eigenvalue weighted by atomic mass is 9.88. The molecular weight excluding hydrogens is 1490 g/mol. The van der Waals surface area contributed by atoms with Crippen LogP contribution >= 0.6 is 0 Å². The summed E-state index contributed by atoms with van der Waals surface area (Å²) in [6, 6.07) is -9.25. The Kier molecular flexibility index (Phi) is 31.9. The molecule has 0 radical (unpaired) electrons. The molecule has 8 heterocycles. The molecule has 0 spiro atoms. The fourth-order valence-electron chi connectivity index (χ4n) is 14.0. The molecule has 0 aromatic rings. The maximum absolute atomic E-state index is 13.7. The van der Waals surface area contributed by atoms with Gasteiger partial charge >= 0.3 is 5.97 Å². The van der Waals surface area contributed by atoms with E-state index in [1.54, 1.807) is 0 Å².